The fourth-order valence-electron chi connectivity index (χ4n) is 4.79. The Hall–Kier alpha value is -3.63. The van der Waals surface area contributed by atoms with Crippen molar-refractivity contribution in [1.29, 1.82) is 0 Å². The summed E-state index contributed by atoms with van der Waals surface area (Å²) in [4.78, 5) is 34.8. The second kappa shape index (κ2) is 41.5. The fourth-order valence-corrected chi connectivity index (χ4v) is 5.55. The molecule has 58 heavy (non-hydrogen) atoms. The van der Waals surface area contributed by atoms with E-state index in [2.05, 4.69) is 98.9 Å². The standard InChI is InChI=1S/C47H74NO9P/c1-3-5-7-8-9-10-11-12-13-14-15-16-17-18-23-26-29-32-35-39-47(51)57-45(43-56-58(52,53)55-41-40-48)42-54-46(50)38-34-31-28-25-22-20-19-21-24-27-30-33-37-44(49)36-6-4-2/h5,7,9-10,12-13,15-16,18-20,23-25,27-29,32-33,37,44-45,49H,3-4,6,8,11,14,17,21-22,26,30-31,34-36,38-43,48H2,1-2H3,(H,52,53)/b7-5-,10-9-,13-12-,16-15-,20-19-,23-18-,27-24-,28-25-,32-29-,37-33-/t44-,45+/m0/s1. The zero-order valence-electron chi connectivity index (χ0n) is 35.3. The van der Waals surface area contributed by atoms with E-state index in [9.17, 15) is 24.2 Å². The van der Waals surface area contributed by atoms with Crippen molar-refractivity contribution in [3.63, 3.8) is 0 Å². The summed E-state index contributed by atoms with van der Waals surface area (Å²) in [6.07, 6.45) is 53.0. The number of unbranched alkanes of at least 4 members (excludes halogenated alkanes) is 2. The van der Waals surface area contributed by atoms with E-state index in [0.29, 0.717) is 19.3 Å². The highest BCUT2D eigenvalue weighted by Gasteiger charge is 2.25. The van der Waals surface area contributed by atoms with Crippen LogP contribution in [0.1, 0.15) is 123 Å². The predicted molar refractivity (Wildman–Crippen MR) is 239 cm³/mol. The lowest BCUT2D eigenvalue weighted by atomic mass is 10.1. The maximum atomic E-state index is 12.5. The van der Waals surface area contributed by atoms with Gasteiger partial charge in [0.15, 0.2) is 6.10 Å². The summed E-state index contributed by atoms with van der Waals surface area (Å²) in [6.45, 7) is 3.26. The Labute approximate surface area is 350 Å². The van der Waals surface area contributed by atoms with Gasteiger partial charge in [-0.15, -0.1) is 0 Å². The number of carbonyl (C=O) groups is 2. The molecule has 0 aromatic carbocycles. The summed E-state index contributed by atoms with van der Waals surface area (Å²) >= 11 is 0. The average Bonchev–Trinajstić information content (AvgIpc) is 3.21. The van der Waals surface area contributed by atoms with Gasteiger partial charge in [-0.25, -0.2) is 4.57 Å². The minimum absolute atomic E-state index is 0.0210. The molecule has 0 aromatic rings. The van der Waals surface area contributed by atoms with Crippen LogP contribution in [0.15, 0.2) is 122 Å². The van der Waals surface area contributed by atoms with Crippen LogP contribution in [0, 0.1) is 0 Å². The Morgan fingerprint density at radius 3 is 1.59 bits per heavy atom. The van der Waals surface area contributed by atoms with E-state index < -0.39 is 32.5 Å². The van der Waals surface area contributed by atoms with E-state index in [0.717, 1.165) is 77.0 Å². The van der Waals surface area contributed by atoms with Gasteiger partial charge in [0.05, 0.1) is 19.3 Å². The van der Waals surface area contributed by atoms with Gasteiger partial charge in [0.2, 0.25) is 0 Å². The number of phosphoric acid groups is 1. The van der Waals surface area contributed by atoms with Crippen LogP contribution in [0.5, 0.6) is 0 Å². The van der Waals surface area contributed by atoms with Gasteiger partial charge in [-0.05, 0) is 83.5 Å². The van der Waals surface area contributed by atoms with Crippen LogP contribution in [0.3, 0.4) is 0 Å². The lowest BCUT2D eigenvalue weighted by Gasteiger charge is -2.19. The first-order chi connectivity index (χ1) is 28.2. The number of phosphoric ester groups is 1. The number of aliphatic hydroxyl groups is 1. The van der Waals surface area contributed by atoms with Crippen molar-refractivity contribution in [1.82, 2.24) is 0 Å². The molecule has 0 aliphatic heterocycles. The topological polar surface area (TPSA) is 155 Å². The smallest absolute Gasteiger partial charge is 0.462 e. The number of aliphatic hydroxyl groups excluding tert-OH is 1. The summed E-state index contributed by atoms with van der Waals surface area (Å²) in [5.41, 5.74) is 5.33. The van der Waals surface area contributed by atoms with Gasteiger partial charge in [-0.3, -0.25) is 18.6 Å². The Bertz CT molecular complexity index is 1370. The Balaban J connectivity index is 4.45. The number of ether oxygens (including phenoxy) is 2. The summed E-state index contributed by atoms with van der Waals surface area (Å²) in [5.74, 6) is -1.03. The summed E-state index contributed by atoms with van der Waals surface area (Å²) in [6, 6.07) is 0. The molecule has 326 valence electrons. The number of carbonyl (C=O) groups excluding carboxylic acids is 2. The normalized spacial score (nSPS) is 15.1. The van der Waals surface area contributed by atoms with Gasteiger partial charge in [-0.1, -0.05) is 148 Å². The third-order valence-electron chi connectivity index (χ3n) is 7.92. The Kier molecular flexibility index (Phi) is 38.9. The second-order valence-corrected chi connectivity index (χ2v) is 14.7. The van der Waals surface area contributed by atoms with Crippen molar-refractivity contribution in [3.05, 3.63) is 122 Å². The van der Waals surface area contributed by atoms with Crippen LogP contribution >= 0.6 is 7.82 Å². The van der Waals surface area contributed by atoms with Crippen molar-refractivity contribution in [2.24, 2.45) is 5.73 Å². The van der Waals surface area contributed by atoms with Crippen LogP contribution < -0.4 is 5.73 Å². The van der Waals surface area contributed by atoms with Gasteiger partial charge in [0.1, 0.15) is 6.61 Å². The van der Waals surface area contributed by atoms with Crippen molar-refractivity contribution in [2.75, 3.05) is 26.4 Å². The number of hydrogen-bond donors (Lipinski definition) is 3. The van der Waals surface area contributed by atoms with Crippen LogP contribution in [0.4, 0.5) is 0 Å². The van der Waals surface area contributed by atoms with Gasteiger partial charge in [0, 0.05) is 19.4 Å². The summed E-state index contributed by atoms with van der Waals surface area (Å²) < 4.78 is 32.6. The highest BCUT2D eigenvalue weighted by atomic mass is 31.2. The molecule has 4 N–H and O–H groups in total. The monoisotopic (exact) mass is 828 g/mol. The minimum Gasteiger partial charge on any atom is -0.462 e. The Morgan fingerprint density at radius 1 is 0.603 bits per heavy atom. The molecule has 0 saturated carbocycles. The van der Waals surface area contributed by atoms with E-state index in [1.807, 2.05) is 36.5 Å². The molecule has 0 aliphatic carbocycles. The first kappa shape index (κ1) is 54.4. The van der Waals surface area contributed by atoms with Crippen LogP contribution in [0.25, 0.3) is 0 Å². The molecule has 3 atom stereocenters. The molecule has 0 saturated heterocycles. The molecule has 0 fully saturated rings. The first-order valence-electron chi connectivity index (χ1n) is 21.1. The molecule has 0 heterocycles. The maximum absolute atomic E-state index is 12.5. The number of hydrogen-bond acceptors (Lipinski definition) is 9. The average molecular weight is 828 g/mol. The van der Waals surface area contributed by atoms with Crippen molar-refractivity contribution in [3.8, 4) is 0 Å². The van der Waals surface area contributed by atoms with E-state index in [1.165, 1.54) is 0 Å². The molecule has 0 amide bonds. The van der Waals surface area contributed by atoms with E-state index in [1.54, 1.807) is 0 Å². The fraction of sp³-hybridized carbons (Fsp3) is 0.532. The zero-order valence-corrected chi connectivity index (χ0v) is 36.2. The SMILES string of the molecule is CC/C=C\C/C=C\C/C=C\C/C=C\C/C=C\C/C=C\CCC(=O)O[C@H](COC(=O)CCC/C=C\C/C=C\C/C=C\C/C=C\[C@@H](O)CCCC)COP(=O)(O)OCCN. The molecule has 0 bridgehead atoms. The van der Waals surface area contributed by atoms with Crippen molar-refractivity contribution >= 4 is 19.8 Å². The lowest BCUT2D eigenvalue weighted by Crippen LogP contribution is -2.29. The molecule has 0 radical (unpaired) electrons. The number of esters is 2. The van der Waals surface area contributed by atoms with Gasteiger partial charge < -0.3 is 25.2 Å². The Morgan fingerprint density at radius 2 is 1.09 bits per heavy atom. The third-order valence-corrected chi connectivity index (χ3v) is 8.90. The number of allylic oxidation sites excluding steroid dienone is 19. The van der Waals surface area contributed by atoms with E-state index >= 15 is 0 Å². The molecule has 0 rings (SSSR count). The molecule has 0 spiro atoms. The van der Waals surface area contributed by atoms with Gasteiger partial charge in [-0.2, -0.15) is 0 Å². The molecule has 10 nitrogen and oxygen atoms in total. The molecule has 0 aliphatic rings. The number of rotatable bonds is 37. The highest BCUT2D eigenvalue weighted by Crippen LogP contribution is 2.43. The van der Waals surface area contributed by atoms with Crippen LogP contribution in [-0.2, 0) is 32.7 Å². The quantitative estimate of drug-likeness (QED) is 0.0238. The lowest BCUT2D eigenvalue weighted by molar-refractivity contribution is -0.161. The largest absolute Gasteiger partial charge is 0.472 e. The predicted octanol–water partition coefficient (Wildman–Crippen LogP) is 11.1. The van der Waals surface area contributed by atoms with Gasteiger partial charge >= 0.3 is 19.8 Å². The highest BCUT2D eigenvalue weighted by molar-refractivity contribution is 7.47. The maximum Gasteiger partial charge on any atom is 0.472 e. The minimum atomic E-state index is -4.43. The zero-order chi connectivity index (χ0) is 42.6. The molecular formula is C47H74NO9P. The van der Waals surface area contributed by atoms with Crippen molar-refractivity contribution < 1.29 is 42.7 Å². The van der Waals surface area contributed by atoms with Crippen LogP contribution in [-0.4, -0.2) is 60.5 Å². The number of nitrogens with two attached hydrogens (primary N) is 1. The molecular weight excluding hydrogens is 753 g/mol. The van der Waals surface area contributed by atoms with Crippen LogP contribution in [0.2, 0.25) is 0 Å². The van der Waals surface area contributed by atoms with E-state index in [4.69, 9.17) is 24.3 Å². The van der Waals surface area contributed by atoms with Gasteiger partial charge in [0.25, 0.3) is 0 Å². The summed E-state index contributed by atoms with van der Waals surface area (Å²) in [5, 5.41) is 9.81. The summed E-state index contributed by atoms with van der Waals surface area (Å²) in [7, 11) is -4.43. The molecule has 0 aromatic heterocycles. The molecule has 11 heteroatoms. The first-order valence-corrected chi connectivity index (χ1v) is 22.6. The molecule has 1 unspecified atom stereocenters. The van der Waals surface area contributed by atoms with Crippen molar-refractivity contribution in [2.45, 2.75) is 135 Å². The second-order valence-electron chi connectivity index (χ2n) is 13.3. The van der Waals surface area contributed by atoms with E-state index in [-0.39, 0.29) is 38.7 Å². The third kappa shape index (κ3) is 40.6.